The van der Waals surface area contributed by atoms with E-state index in [4.69, 9.17) is 4.74 Å². The number of aliphatic hydroxyl groups is 1. The molecule has 0 spiro atoms. The lowest BCUT2D eigenvalue weighted by Gasteiger charge is -2.60. The predicted octanol–water partition coefficient (Wildman–Crippen LogP) is 3.89. The lowest BCUT2D eigenvalue weighted by molar-refractivity contribution is -0.176. The average molecular weight is 386 g/mol. The molecular weight excluding hydrogens is 354 g/mol. The van der Waals surface area contributed by atoms with E-state index in [1.165, 1.54) is 19.3 Å². The predicted molar refractivity (Wildman–Crippen MR) is 104 cm³/mol. The summed E-state index contributed by atoms with van der Waals surface area (Å²) in [5.41, 5.74) is 2.10. The number of ether oxygens (including phenoxy) is 1. The first-order valence-electron chi connectivity index (χ1n) is 10.9. The molecular formula is C23H31NO4. The van der Waals surface area contributed by atoms with Crippen LogP contribution in [0.15, 0.2) is 6.07 Å². The second-order valence-corrected chi connectivity index (χ2v) is 10.3. The minimum atomic E-state index is -0.569. The van der Waals surface area contributed by atoms with Crippen molar-refractivity contribution in [3.63, 3.8) is 0 Å². The van der Waals surface area contributed by atoms with Crippen molar-refractivity contribution >= 4 is 11.8 Å². The van der Waals surface area contributed by atoms with Crippen LogP contribution >= 0.6 is 0 Å². The number of esters is 1. The normalized spacial score (nSPS) is 36.0. The zero-order valence-electron chi connectivity index (χ0n) is 17.0. The van der Waals surface area contributed by atoms with E-state index in [0.717, 1.165) is 43.5 Å². The Morgan fingerprint density at radius 1 is 1.18 bits per heavy atom. The van der Waals surface area contributed by atoms with Crippen LogP contribution in [-0.2, 0) is 9.53 Å². The molecule has 5 nitrogen and oxygen atoms in total. The van der Waals surface area contributed by atoms with Crippen molar-refractivity contribution in [1.29, 1.82) is 0 Å². The summed E-state index contributed by atoms with van der Waals surface area (Å²) in [6.45, 7) is 3.84. The van der Waals surface area contributed by atoms with Crippen molar-refractivity contribution in [2.45, 2.75) is 83.3 Å². The molecule has 152 valence electrons. The van der Waals surface area contributed by atoms with Crippen molar-refractivity contribution < 1.29 is 19.4 Å². The van der Waals surface area contributed by atoms with Crippen LogP contribution in [-0.4, -0.2) is 33.6 Å². The lowest BCUT2D eigenvalue weighted by Crippen LogP contribution is -2.56. The van der Waals surface area contributed by atoms with Gasteiger partial charge in [0.05, 0.1) is 12.0 Å². The van der Waals surface area contributed by atoms with Crippen LogP contribution in [0.25, 0.3) is 0 Å². The van der Waals surface area contributed by atoms with Crippen LogP contribution < -0.4 is 0 Å². The molecule has 5 fully saturated rings. The van der Waals surface area contributed by atoms with Gasteiger partial charge in [0.15, 0.2) is 6.61 Å². The molecule has 5 saturated carbocycles. The molecule has 5 heteroatoms. The molecule has 28 heavy (non-hydrogen) atoms. The van der Waals surface area contributed by atoms with Crippen LogP contribution in [0, 0.1) is 31.1 Å². The van der Waals surface area contributed by atoms with Gasteiger partial charge in [-0.3, -0.25) is 9.59 Å². The summed E-state index contributed by atoms with van der Waals surface area (Å²) < 4.78 is 7.67. The molecule has 0 aromatic carbocycles. The fourth-order valence-electron chi connectivity index (χ4n) is 7.14. The maximum absolute atomic E-state index is 12.7. The monoisotopic (exact) mass is 385 g/mol. The van der Waals surface area contributed by atoms with Gasteiger partial charge in [-0.1, -0.05) is 0 Å². The molecule has 1 aromatic rings. The molecule has 1 aromatic heterocycles. The average Bonchev–Trinajstić information content (AvgIpc) is 3.35. The maximum Gasteiger partial charge on any atom is 0.306 e. The second kappa shape index (κ2) is 6.19. The number of hydrogen-bond acceptors (Lipinski definition) is 4. The molecule has 0 amide bonds. The highest BCUT2D eigenvalue weighted by atomic mass is 16.5. The quantitative estimate of drug-likeness (QED) is 0.596. The van der Waals surface area contributed by atoms with Gasteiger partial charge in [-0.25, -0.2) is 0 Å². The lowest BCUT2D eigenvalue weighted by atomic mass is 9.47. The highest BCUT2D eigenvalue weighted by Gasteiger charge is 2.57. The van der Waals surface area contributed by atoms with Crippen molar-refractivity contribution in [3.8, 4) is 0 Å². The number of ketones is 1. The zero-order valence-corrected chi connectivity index (χ0v) is 17.0. The van der Waals surface area contributed by atoms with Crippen LogP contribution in [0.5, 0.6) is 0 Å². The van der Waals surface area contributed by atoms with Gasteiger partial charge >= 0.3 is 5.97 Å². The number of carbonyl (C=O) groups is 2. The molecule has 5 aliphatic rings. The fraction of sp³-hybridized carbons (Fsp3) is 0.739. The van der Waals surface area contributed by atoms with Gasteiger partial charge in [0, 0.05) is 23.0 Å². The molecule has 5 aliphatic carbocycles. The number of Topliss-reactive ketones (excluding diaryl/α,β-unsaturated/α-hetero) is 1. The molecule has 0 aliphatic heterocycles. The maximum atomic E-state index is 12.7. The summed E-state index contributed by atoms with van der Waals surface area (Å²) in [4.78, 5) is 25.2. The van der Waals surface area contributed by atoms with E-state index in [1.807, 2.05) is 19.9 Å². The number of hydrogen-bond donors (Lipinski definition) is 1. The number of nitrogens with zero attached hydrogens (tertiary/aromatic N) is 1. The van der Waals surface area contributed by atoms with Crippen LogP contribution in [0.4, 0.5) is 0 Å². The third kappa shape index (κ3) is 3.12. The number of rotatable bonds is 6. The van der Waals surface area contributed by atoms with Crippen molar-refractivity contribution in [1.82, 2.24) is 4.57 Å². The molecule has 2 unspecified atom stereocenters. The van der Waals surface area contributed by atoms with Crippen LogP contribution in [0.3, 0.4) is 0 Å². The molecule has 6 rings (SSSR count). The molecule has 1 N–H and O–H groups in total. The van der Waals surface area contributed by atoms with Gasteiger partial charge in [-0.05, 0) is 88.5 Å². The Labute approximate surface area is 166 Å². The summed E-state index contributed by atoms with van der Waals surface area (Å²) in [5, 5.41) is 10.8. The molecule has 1 heterocycles. The van der Waals surface area contributed by atoms with Gasteiger partial charge in [0.1, 0.15) is 0 Å². The summed E-state index contributed by atoms with van der Waals surface area (Å²) in [5.74, 6) is 0.703. The Hall–Kier alpha value is -1.62. The summed E-state index contributed by atoms with van der Waals surface area (Å²) in [6, 6.07) is 2.46. The van der Waals surface area contributed by atoms with Crippen molar-refractivity contribution in [3.05, 3.63) is 23.0 Å². The number of aromatic nitrogens is 1. The van der Waals surface area contributed by atoms with E-state index >= 15 is 0 Å². The minimum absolute atomic E-state index is 0.110. The summed E-state index contributed by atoms with van der Waals surface area (Å²) in [6.07, 6.45) is 8.47. The van der Waals surface area contributed by atoms with E-state index in [-0.39, 0.29) is 23.8 Å². The van der Waals surface area contributed by atoms with Crippen LogP contribution in [0.2, 0.25) is 0 Å². The highest BCUT2D eigenvalue weighted by molar-refractivity contribution is 5.99. The molecule has 0 radical (unpaired) electrons. The van der Waals surface area contributed by atoms with E-state index < -0.39 is 5.60 Å². The van der Waals surface area contributed by atoms with Gasteiger partial charge < -0.3 is 14.4 Å². The Morgan fingerprint density at radius 2 is 1.86 bits per heavy atom. The first-order chi connectivity index (χ1) is 13.3. The third-order valence-corrected chi connectivity index (χ3v) is 7.73. The van der Waals surface area contributed by atoms with Gasteiger partial charge in [-0.15, -0.1) is 0 Å². The summed E-state index contributed by atoms with van der Waals surface area (Å²) in [7, 11) is 0. The van der Waals surface area contributed by atoms with Crippen molar-refractivity contribution in [2.24, 2.45) is 17.3 Å². The minimum Gasteiger partial charge on any atom is -0.457 e. The topological polar surface area (TPSA) is 68.5 Å². The van der Waals surface area contributed by atoms with E-state index in [0.29, 0.717) is 29.9 Å². The fourth-order valence-corrected chi connectivity index (χ4v) is 7.14. The smallest absolute Gasteiger partial charge is 0.306 e. The van der Waals surface area contributed by atoms with Crippen LogP contribution in [0.1, 0.15) is 85.6 Å². The molecule has 4 bridgehead atoms. The summed E-state index contributed by atoms with van der Waals surface area (Å²) >= 11 is 0. The standard InChI is InChI=1S/C23H31NO4/c1-14-5-19(15(2)24(14)18-3-4-18)20(25)12-28-21(26)11-22-7-16-6-17(8-22)10-23(27,9-16)13-22/h5,16-18,27H,3-4,6-13H2,1-2H3/t16-,17+,22?,23?. The number of carbonyl (C=O) groups excluding carboxylic acids is 2. The van der Waals surface area contributed by atoms with Gasteiger partial charge in [0.25, 0.3) is 0 Å². The van der Waals surface area contributed by atoms with Gasteiger partial charge in [-0.2, -0.15) is 0 Å². The SMILES string of the molecule is Cc1cc(C(=O)COC(=O)CC23C[C@@H]4C[C@@H](CC(O)(C4)C2)C3)c(C)n1C1CC1. The Kier molecular flexibility index (Phi) is 4.07. The Morgan fingerprint density at radius 3 is 2.46 bits per heavy atom. The third-order valence-electron chi connectivity index (χ3n) is 7.73. The van der Waals surface area contributed by atoms with Gasteiger partial charge in [0.2, 0.25) is 5.78 Å². The first-order valence-corrected chi connectivity index (χ1v) is 10.9. The van der Waals surface area contributed by atoms with E-state index in [2.05, 4.69) is 4.57 Å². The Balaban J connectivity index is 1.21. The second-order valence-electron chi connectivity index (χ2n) is 10.3. The van der Waals surface area contributed by atoms with E-state index in [1.54, 1.807) is 0 Å². The van der Waals surface area contributed by atoms with E-state index in [9.17, 15) is 14.7 Å². The van der Waals surface area contributed by atoms with Crippen molar-refractivity contribution in [2.75, 3.05) is 6.61 Å². The Bertz CT molecular complexity index is 820. The number of aryl methyl sites for hydroxylation is 1. The first kappa shape index (κ1) is 18.4. The highest BCUT2D eigenvalue weighted by Crippen LogP contribution is 2.62. The molecule has 4 atom stereocenters. The largest absolute Gasteiger partial charge is 0.457 e. The molecule has 0 saturated heterocycles. The zero-order chi connectivity index (χ0) is 19.7.